The van der Waals surface area contributed by atoms with Crippen molar-refractivity contribution in [2.45, 2.75) is 19.4 Å². The Hall–Kier alpha value is -1.75. The molecule has 0 aliphatic carbocycles. The fraction of sp³-hybridized carbons (Fsp3) is 0.417. The van der Waals surface area contributed by atoms with Gasteiger partial charge in [0.05, 0.1) is 13.7 Å². The molecule has 0 saturated heterocycles. The molecule has 1 heterocycles. The van der Waals surface area contributed by atoms with Gasteiger partial charge in [-0.15, -0.1) is 0 Å². The summed E-state index contributed by atoms with van der Waals surface area (Å²) in [4.78, 5) is 10.9. The number of methoxy groups -OCH3 is 1. The lowest BCUT2D eigenvalue weighted by Gasteiger charge is -2.17. The van der Waals surface area contributed by atoms with E-state index in [-0.39, 0.29) is 0 Å². The molecule has 0 fully saturated rings. The second kappa shape index (κ2) is 4.25. The predicted octanol–water partition coefficient (Wildman–Crippen LogP) is 1.06. The number of benzene rings is 1. The average molecular weight is 238 g/mol. The second-order valence-corrected chi connectivity index (χ2v) is 3.96. The van der Waals surface area contributed by atoms with Gasteiger partial charge in [0.1, 0.15) is 11.5 Å². The molecule has 0 radical (unpaired) electrons. The van der Waals surface area contributed by atoms with Gasteiger partial charge in [0.25, 0.3) is 0 Å². The molecular formula is C12H14O5. The predicted molar refractivity (Wildman–Crippen MR) is 59.5 cm³/mol. The number of carbonyl (C=O) groups is 1. The first-order valence-corrected chi connectivity index (χ1v) is 5.30. The Morgan fingerprint density at radius 2 is 2.29 bits per heavy atom. The number of aliphatic hydroxyl groups excluding tert-OH is 1. The highest BCUT2D eigenvalue weighted by molar-refractivity contribution is 5.77. The van der Waals surface area contributed by atoms with Crippen LogP contribution in [0.3, 0.4) is 0 Å². The maximum atomic E-state index is 10.9. The van der Waals surface area contributed by atoms with Crippen LogP contribution in [-0.2, 0) is 11.2 Å². The van der Waals surface area contributed by atoms with Crippen molar-refractivity contribution in [1.29, 1.82) is 0 Å². The zero-order chi connectivity index (χ0) is 12.6. The number of hydrogen-bond donors (Lipinski definition) is 2. The first-order valence-electron chi connectivity index (χ1n) is 5.30. The molecular weight excluding hydrogens is 224 g/mol. The summed E-state index contributed by atoms with van der Waals surface area (Å²) in [6, 6.07) is 1.80. The Morgan fingerprint density at radius 1 is 1.59 bits per heavy atom. The monoisotopic (exact) mass is 238 g/mol. The molecule has 1 aliphatic heterocycles. The number of carboxylic acids is 1. The van der Waals surface area contributed by atoms with Gasteiger partial charge in [-0.3, -0.25) is 0 Å². The summed E-state index contributed by atoms with van der Waals surface area (Å²) >= 11 is 0. The number of carboxylic acid groups (broad SMARTS) is 1. The van der Waals surface area contributed by atoms with Crippen molar-refractivity contribution in [1.82, 2.24) is 0 Å². The Labute approximate surface area is 98.6 Å². The van der Waals surface area contributed by atoms with E-state index in [1.54, 1.807) is 13.0 Å². The van der Waals surface area contributed by atoms with E-state index in [2.05, 4.69) is 0 Å². The third kappa shape index (κ3) is 1.82. The lowest BCUT2D eigenvalue weighted by molar-refractivity contribution is -0.147. The number of aliphatic hydroxyl groups is 1. The second-order valence-electron chi connectivity index (χ2n) is 3.96. The summed E-state index contributed by atoms with van der Waals surface area (Å²) in [6.07, 6.45) is -0.994. The Kier molecular flexibility index (Phi) is 2.93. The minimum absolute atomic E-state index is 0.313. The fourth-order valence-electron chi connectivity index (χ4n) is 2.16. The van der Waals surface area contributed by atoms with Crippen LogP contribution in [0.2, 0.25) is 0 Å². The Balaban J connectivity index is 2.65. The Bertz CT molecular complexity index is 463. The summed E-state index contributed by atoms with van der Waals surface area (Å²) in [5.41, 5.74) is 1.79. The van der Waals surface area contributed by atoms with E-state index in [1.165, 1.54) is 7.11 Å². The molecule has 0 amide bonds. The van der Waals surface area contributed by atoms with Gasteiger partial charge >= 0.3 is 5.97 Å². The highest BCUT2D eigenvalue weighted by Crippen LogP contribution is 2.40. The van der Waals surface area contributed by atoms with Crippen molar-refractivity contribution >= 4 is 5.97 Å². The molecule has 0 saturated carbocycles. The average Bonchev–Trinajstić information content (AvgIpc) is 2.73. The normalized spacial score (nSPS) is 15.0. The first kappa shape index (κ1) is 11.7. The van der Waals surface area contributed by atoms with Crippen LogP contribution in [-0.4, -0.2) is 29.9 Å². The molecule has 2 N–H and O–H groups in total. The van der Waals surface area contributed by atoms with Crippen molar-refractivity contribution < 1.29 is 24.5 Å². The third-order valence-corrected chi connectivity index (χ3v) is 2.89. The van der Waals surface area contributed by atoms with E-state index in [0.29, 0.717) is 30.1 Å². The van der Waals surface area contributed by atoms with Crippen LogP contribution >= 0.6 is 0 Å². The molecule has 0 aromatic heterocycles. The van der Waals surface area contributed by atoms with E-state index in [1.807, 2.05) is 0 Å². The summed E-state index contributed by atoms with van der Waals surface area (Å²) in [5, 5.41) is 18.7. The van der Waals surface area contributed by atoms with Gasteiger partial charge in [-0.2, -0.15) is 0 Å². The van der Waals surface area contributed by atoms with Crippen LogP contribution < -0.4 is 9.47 Å². The van der Waals surface area contributed by atoms with Gasteiger partial charge in [0.2, 0.25) is 0 Å². The first-order chi connectivity index (χ1) is 8.06. The summed E-state index contributed by atoms with van der Waals surface area (Å²) in [5.74, 6) is -0.231. The van der Waals surface area contributed by atoms with Crippen LogP contribution in [0.4, 0.5) is 0 Å². The molecule has 0 spiro atoms. The quantitative estimate of drug-likeness (QED) is 0.823. The third-order valence-electron chi connectivity index (χ3n) is 2.89. The number of ether oxygens (including phenoxy) is 2. The highest BCUT2D eigenvalue weighted by Gasteiger charge is 2.30. The van der Waals surface area contributed by atoms with Crippen molar-refractivity contribution in [2.24, 2.45) is 0 Å². The smallest absolute Gasteiger partial charge is 0.337 e. The standard InChI is InChI=1S/C12H14O5/c1-6-5-8-7(3-4-17-8)9(11(6)16-2)10(13)12(14)15/h5,10,13H,3-4H2,1-2H3,(H,14,15). The molecule has 1 aromatic carbocycles. The molecule has 2 rings (SSSR count). The zero-order valence-electron chi connectivity index (χ0n) is 9.69. The highest BCUT2D eigenvalue weighted by atomic mass is 16.5. The minimum Gasteiger partial charge on any atom is -0.496 e. The summed E-state index contributed by atoms with van der Waals surface area (Å²) in [7, 11) is 1.46. The molecule has 0 bridgehead atoms. The SMILES string of the molecule is COc1c(C)cc2c(c1C(O)C(=O)O)CCO2. The van der Waals surface area contributed by atoms with Gasteiger partial charge in [-0.25, -0.2) is 4.79 Å². The molecule has 1 unspecified atom stereocenters. The van der Waals surface area contributed by atoms with Crippen LogP contribution in [0.25, 0.3) is 0 Å². The van der Waals surface area contributed by atoms with Gasteiger partial charge in [-0.1, -0.05) is 0 Å². The summed E-state index contributed by atoms with van der Waals surface area (Å²) < 4.78 is 10.6. The van der Waals surface area contributed by atoms with Gasteiger partial charge in [-0.05, 0) is 18.6 Å². The van der Waals surface area contributed by atoms with Crippen molar-refractivity contribution in [3.8, 4) is 11.5 Å². The van der Waals surface area contributed by atoms with Crippen molar-refractivity contribution in [2.75, 3.05) is 13.7 Å². The molecule has 17 heavy (non-hydrogen) atoms. The number of aliphatic carboxylic acids is 1. The van der Waals surface area contributed by atoms with Crippen LogP contribution in [0.5, 0.6) is 11.5 Å². The van der Waals surface area contributed by atoms with Crippen LogP contribution in [0.15, 0.2) is 6.07 Å². The van der Waals surface area contributed by atoms with Crippen LogP contribution in [0.1, 0.15) is 22.8 Å². The largest absolute Gasteiger partial charge is 0.496 e. The topological polar surface area (TPSA) is 76.0 Å². The summed E-state index contributed by atoms with van der Waals surface area (Å²) in [6.45, 7) is 2.29. The number of hydrogen-bond acceptors (Lipinski definition) is 4. The number of fused-ring (bicyclic) bond motifs is 1. The van der Waals surface area contributed by atoms with Crippen LogP contribution in [0, 0.1) is 6.92 Å². The van der Waals surface area contributed by atoms with E-state index in [9.17, 15) is 9.90 Å². The lowest BCUT2D eigenvalue weighted by Crippen LogP contribution is -2.14. The number of aryl methyl sites for hydroxylation is 1. The zero-order valence-corrected chi connectivity index (χ0v) is 9.69. The molecule has 1 atom stereocenters. The molecule has 5 nitrogen and oxygen atoms in total. The van der Waals surface area contributed by atoms with Gasteiger partial charge < -0.3 is 19.7 Å². The van der Waals surface area contributed by atoms with Crippen molar-refractivity contribution in [3.05, 3.63) is 22.8 Å². The van der Waals surface area contributed by atoms with E-state index in [0.717, 1.165) is 11.1 Å². The number of rotatable bonds is 3. The maximum Gasteiger partial charge on any atom is 0.337 e. The minimum atomic E-state index is -1.58. The van der Waals surface area contributed by atoms with E-state index in [4.69, 9.17) is 14.6 Å². The molecule has 92 valence electrons. The lowest BCUT2D eigenvalue weighted by atomic mass is 9.96. The van der Waals surface area contributed by atoms with E-state index < -0.39 is 12.1 Å². The fourth-order valence-corrected chi connectivity index (χ4v) is 2.16. The van der Waals surface area contributed by atoms with E-state index >= 15 is 0 Å². The van der Waals surface area contributed by atoms with Gasteiger partial charge in [0.15, 0.2) is 6.10 Å². The maximum absolute atomic E-state index is 10.9. The van der Waals surface area contributed by atoms with Crippen molar-refractivity contribution in [3.63, 3.8) is 0 Å². The molecule has 1 aromatic rings. The Morgan fingerprint density at radius 3 is 2.88 bits per heavy atom. The molecule has 1 aliphatic rings. The molecule has 5 heteroatoms. The van der Waals surface area contributed by atoms with Gasteiger partial charge in [0, 0.05) is 17.5 Å².